The molecule has 0 aromatic rings. The van der Waals surface area contributed by atoms with Gasteiger partial charge in [0.1, 0.15) is 0 Å². The second-order valence-electron chi connectivity index (χ2n) is 7.31. The number of hydrogen-bond acceptors (Lipinski definition) is 3. The van der Waals surface area contributed by atoms with E-state index in [-0.39, 0.29) is 24.0 Å². The normalized spacial score (nSPS) is 18.9. The average molecular weight is 441 g/mol. The van der Waals surface area contributed by atoms with Crippen molar-refractivity contribution in [3.8, 4) is 0 Å². The van der Waals surface area contributed by atoms with E-state index in [9.17, 15) is 0 Å². The molecule has 0 saturated carbocycles. The summed E-state index contributed by atoms with van der Waals surface area (Å²) in [5.41, 5.74) is 0.406. The number of methoxy groups -OCH3 is 1. The van der Waals surface area contributed by atoms with E-state index >= 15 is 0 Å². The highest BCUT2D eigenvalue weighted by atomic mass is 127. The summed E-state index contributed by atoms with van der Waals surface area (Å²) in [6.45, 7) is 12.1. The smallest absolute Gasteiger partial charge is 0.193 e. The Labute approximate surface area is 159 Å². The Morgan fingerprint density at radius 3 is 2.65 bits per heavy atom. The number of nitrogens with one attached hydrogen (secondary N) is 1. The van der Waals surface area contributed by atoms with E-state index in [1.165, 1.54) is 19.3 Å². The lowest BCUT2D eigenvalue weighted by molar-refractivity contribution is 0.0536. The van der Waals surface area contributed by atoms with Crippen LogP contribution in [0.3, 0.4) is 0 Å². The van der Waals surface area contributed by atoms with Gasteiger partial charge in [0.2, 0.25) is 0 Å². The van der Waals surface area contributed by atoms with Crippen LogP contribution in [-0.2, 0) is 9.47 Å². The number of rotatable bonds is 8. The first-order valence-electron chi connectivity index (χ1n) is 8.48. The number of ether oxygens (including phenoxy) is 2. The van der Waals surface area contributed by atoms with Gasteiger partial charge in [0.25, 0.3) is 0 Å². The summed E-state index contributed by atoms with van der Waals surface area (Å²) in [7, 11) is 3.57. The Bertz CT molecular complexity index is 332. The van der Waals surface area contributed by atoms with Gasteiger partial charge >= 0.3 is 0 Å². The van der Waals surface area contributed by atoms with Crippen LogP contribution in [0.4, 0.5) is 0 Å². The van der Waals surface area contributed by atoms with E-state index < -0.39 is 0 Å². The zero-order chi connectivity index (χ0) is 16.4. The topological polar surface area (TPSA) is 46.1 Å². The van der Waals surface area contributed by atoms with Crippen molar-refractivity contribution >= 4 is 29.9 Å². The minimum atomic E-state index is 0. The van der Waals surface area contributed by atoms with Crippen LogP contribution in [0.2, 0.25) is 0 Å². The molecule has 1 fully saturated rings. The van der Waals surface area contributed by atoms with Gasteiger partial charge in [-0.15, -0.1) is 24.0 Å². The van der Waals surface area contributed by atoms with Crippen molar-refractivity contribution in [3.63, 3.8) is 0 Å². The number of aliphatic imine (C=N–C) groups is 1. The maximum absolute atomic E-state index is 5.64. The Hall–Kier alpha value is -0.0800. The molecule has 0 aromatic carbocycles. The number of likely N-dealkylation sites (tertiary alicyclic amines) is 1. The molecular weight excluding hydrogens is 405 g/mol. The van der Waals surface area contributed by atoms with Crippen LogP contribution < -0.4 is 5.32 Å². The van der Waals surface area contributed by atoms with Crippen LogP contribution in [0.15, 0.2) is 4.99 Å². The summed E-state index contributed by atoms with van der Waals surface area (Å²) < 4.78 is 10.6. The highest BCUT2D eigenvalue weighted by Crippen LogP contribution is 2.20. The molecule has 1 aliphatic rings. The van der Waals surface area contributed by atoms with E-state index in [0.717, 1.165) is 32.2 Å². The van der Waals surface area contributed by atoms with Crippen LogP contribution in [0.1, 0.15) is 40.0 Å². The Balaban J connectivity index is 0.00000484. The molecule has 5 nitrogen and oxygen atoms in total. The minimum Gasteiger partial charge on any atom is -0.382 e. The quantitative estimate of drug-likeness (QED) is 0.272. The first-order valence-corrected chi connectivity index (χ1v) is 8.48. The molecule has 0 spiro atoms. The fraction of sp³-hybridized carbons (Fsp3) is 0.941. The maximum Gasteiger partial charge on any atom is 0.193 e. The van der Waals surface area contributed by atoms with E-state index in [4.69, 9.17) is 9.47 Å². The maximum atomic E-state index is 5.64. The molecule has 1 aliphatic heterocycles. The third-order valence-electron chi connectivity index (χ3n) is 3.97. The number of hydrogen-bond donors (Lipinski definition) is 1. The van der Waals surface area contributed by atoms with Crippen molar-refractivity contribution in [3.05, 3.63) is 0 Å². The molecule has 138 valence electrons. The first-order chi connectivity index (χ1) is 10.5. The highest BCUT2D eigenvalue weighted by molar-refractivity contribution is 14.0. The second kappa shape index (κ2) is 12.3. The van der Waals surface area contributed by atoms with E-state index in [2.05, 4.69) is 36.0 Å². The van der Waals surface area contributed by atoms with Gasteiger partial charge in [-0.3, -0.25) is 4.99 Å². The lowest BCUT2D eigenvalue weighted by Gasteiger charge is -2.23. The van der Waals surface area contributed by atoms with Gasteiger partial charge in [0.15, 0.2) is 5.96 Å². The molecule has 23 heavy (non-hydrogen) atoms. The van der Waals surface area contributed by atoms with E-state index in [0.29, 0.717) is 24.5 Å². The predicted octanol–water partition coefficient (Wildman–Crippen LogP) is 2.99. The molecule has 6 heteroatoms. The molecule has 0 amide bonds. The van der Waals surface area contributed by atoms with Crippen molar-refractivity contribution in [1.29, 1.82) is 0 Å². The number of guanidine groups is 1. The Kier molecular flexibility index (Phi) is 12.3. The second-order valence-corrected chi connectivity index (χ2v) is 7.31. The third kappa shape index (κ3) is 10.4. The first kappa shape index (κ1) is 22.9. The van der Waals surface area contributed by atoms with Gasteiger partial charge in [0, 0.05) is 39.7 Å². The predicted molar refractivity (Wildman–Crippen MR) is 108 cm³/mol. The van der Waals surface area contributed by atoms with Crippen molar-refractivity contribution in [1.82, 2.24) is 10.2 Å². The third-order valence-corrected chi connectivity index (χ3v) is 3.97. The van der Waals surface area contributed by atoms with Gasteiger partial charge in [-0.05, 0) is 24.7 Å². The molecule has 0 radical (unpaired) electrons. The molecule has 1 heterocycles. The summed E-state index contributed by atoms with van der Waals surface area (Å²) in [5, 5.41) is 3.50. The van der Waals surface area contributed by atoms with Gasteiger partial charge in [-0.2, -0.15) is 0 Å². The lowest BCUT2D eigenvalue weighted by atomic mass is 9.91. The summed E-state index contributed by atoms with van der Waals surface area (Å²) >= 11 is 0. The largest absolute Gasteiger partial charge is 0.382 e. The fourth-order valence-corrected chi connectivity index (χ4v) is 2.70. The summed E-state index contributed by atoms with van der Waals surface area (Å²) in [6.07, 6.45) is 3.59. The van der Waals surface area contributed by atoms with Crippen LogP contribution >= 0.6 is 24.0 Å². The van der Waals surface area contributed by atoms with Gasteiger partial charge in [-0.25, -0.2) is 0 Å². The zero-order valence-electron chi connectivity index (χ0n) is 15.6. The SMILES string of the molecule is CN=C(NCCCC(C)(C)C)N1CCC(COCCOC)C1.I. The van der Waals surface area contributed by atoms with E-state index in [1.54, 1.807) is 7.11 Å². The number of nitrogens with zero attached hydrogens (tertiary/aromatic N) is 2. The minimum absolute atomic E-state index is 0. The number of halogens is 1. The van der Waals surface area contributed by atoms with Crippen molar-refractivity contribution in [2.75, 3.05) is 53.6 Å². The van der Waals surface area contributed by atoms with Gasteiger partial charge in [-0.1, -0.05) is 20.8 Å². The van der Waals surface area contributed by atoms with Crippen LogP contribution in [0, 0.1) is 11.3 Å². The Morgan fingerprint density at radius 2 is 2.04 bits per heavy atom. The molecule has 1 rings (SSSR count). The molecule has 1 N–H and O–H groups in total. The fourth-order valence-electron chi connectivity index (χ4n) is 2.70. The summed E-state index contributed by atoms with van der Waals surface area (Å²) in [5.74, 6) is 1.64. The molecule has 0 aliphatic carbocycles. The van der Waals surface area contributed by atoms with Crippen molar-refractivity contribution in [2.24, 2.45) is 16.3 Å². The lowest BCUT2D eigenvalue weighted by Crippen LogP contribution is -2.40. The van der Waals surface area contributed by atoms with Crippen molar-refractivity contribution in [2.45, 2.75) is 40.0 Å². The molecule has 1 unspecified atom stereocenters. The summed E-state index contributed by atoms with van der Waals surface area (Å²) in [4.78, 5) is 6.77. The monoisotopic (exact) mass is 441 g/mol. The molecular formula is C17H36IN3O2. The molecule has 1 saturated heterocycles. The van der Waals surface area contributed by atoms with Crippen molar-refractivity contribution < 1.29 is 9.47 Å². The van der Waals surface area contributed by atoms with E-state index in [1.807, 2.05) is 7.05 Å². The van der Waals surface area contributed by atoms with Crippen LogP contribution in [-0.4, -0.2) is 64.5 Å². The van der Waals surface area contributed by atoms with Gasteiger partial charge < -0.3 is 19.7 Å². The molecule has 0 bridgehead atoms. The average Bonchev–Trinajstić information content (AvgIpc) is 2.91. The van der Waals surface area contributed by atoms with Crippen LogP contribution in [0.25, 0.3) is 0 Å². The standard InChI is InChI=1S/C17H35N3O2.HI/c1-17(2,3)8-6-9-19-16(18-4)20-10-7-15(13-20)14-22-12-11-21-5;/h15H,6-14H2,1-5H3,(H,18,19);1H. The highest BCUT2D eigenvalue weighted by Gasteiger charge is 2.24. The Morgan fingerprint density at radius 1 is 1.30 bits per heavy atom. The summed E-state index contributed by atoms with van der Waals surface area (Å²) in [6, 6.07) is 0. The molecule has 1 atom stereocenters. The van der Waals surface area contributed by atoms with Crippen LogP contribution in [0.5, 0.6) is 0 Å². The molecule has 0 aromatic heterocycles. The van der Waals surface area contributed by atoms with Gasteiger partial charge in [0.05, 0.1) is 19.8 Å². The zero-order valence-corrected chi connectivity index (χ0v) is 17.9.